The van der Waals surface area contributed by atoms with Gasteiger partial charge in [-0.3, -0.25) is 0 Å². The van der Waals surface area contributed by atoms with Crippen molar-refractivity contribution in [2.75, 3.05) is 12.0 Å². The van der Waals surface area contributed by atoms with Crippen LogP contribution >= 0.6 is 0 Å². The molecule has 31 heavy (non-hydrogen) atoms. The largest absolute Gasteiger partial charge is 0.497 e. The minimum absolute atomic E-state index is 0.0285. The molecule has 0 aliphatic heterocycles. The second-order valence-electron chi connectivity index (χ2n) is 8.72. The molecule has 4 aromatic carbocycles. The van der Waals surface area contributed by atoms with Gasteiger partial charge in [-0.2, -0.15) is 0 Å². The predicted molar refractivity (Wildman–Crippen MR) is 130 cm³/mol. The SMILES string of the molecule is COc1ccc(N(c2ccccc2)c2ccc3c(c2)C(C)(C)c2ccccc2-3)c(C)c1. The fourth-order valence-corrected chi connectivity index (χ4v) is 4.84. The van der Waals surface area contributed by atoms with Gasteiger partial charge in [-0.05, 0) is 77.2 Å². The summed E-state index contributed by atoms with van der Waals surface area (Å²) in [7, 11) is 1.71. The molecule has 0 saturated heterocycles. The molecule has 0 spiro atoms. The lowest BCUT2D eigenvalue weighted by atomic mass is 9.82. The zero-order valence-electron chi connectivity index (χ0n) is 18.5. The number of fused-ring (bicyclic) bond motifs is 3. The van der Waals surface area contributed by atoms with E-state index in [-0.39, 0.29) is 5.41 Å². The number of nitrogens with zero attached hydrogens (tertiary/aromatic N) is 1. The van der Waals surface area contributed by atoms with Gasteiger partial charge in [0.15, 0.2) is 0 Å². The lowest BCUT2D eigenvalue weighted by Crippen LogP contribution is -2.16. The fraction of sp³-hybridized carbons (Fsp3) is 0.172. The summed E-state index contributed by atoms with van der Waals surface area (Å²) in [5, 5.41) is 0. The standard InChI is InChI=1S/C29H27NO/c1-20-18-23(31-4)15-17-28(20)30(21-10-6-5-7-11-21)22-14-16-25-24-12-8-9-13-26(24)29(2,3)27(25)19-22/h5-19H,1-4H3. The Morgan fingerprint density at radius 1 is 0.677 bits per heavy atom. The highest BCUT2D eigenvalue weighted by Crippen LogP contribution is 2.50. The van der Waals surface area contributed by atoms with E-state index in [9.17, 15) is 0 Å². The number of ether oxygens (including phenoxy) is 1. The number of para-hydroxylation sites is 1. The van der Waals surface area contributed by atoms with Gasteiger partial charge >= 0.3 is 0 Å². The second kappa shape index (κ2) is 7.31. The lowest BCUT2D eigenvalue weighted by molar-refractivity contribution is 0.414. The van der Waals surface area contributed by atoms with Crippen LogP contribution in [0.3, 0.4) is 0 Å². The van der Waals surface area contributed by atoms with E-state index in [1.165, 1.54) is 33.5 Å². The Kier molecular flexibility index (Phi) is 4.59. The van der Waals surface area contributed by atoms with Crippen LogP contribution in [0, 0.1) is 6.92 Å². The summed E-state index contributed by atoms with van der Waals surface area (Å²) in [5.41, 5.74) is 10.1. The molecule has 0 fully saturated rings. The molecule has 0 unspecified atom stereocenters. The number of anilines is 3. The van der Waals surface area contributed by atoms with Crippen molar-refractivity contribution >= 4 is 17.1 Å². The first-order valence-corrected chi connectivity index (χ1v) is 10.7. The van der Waals surface area contributed by atoms with E-state index in [0.29, 0.717) is 0 Å². The molecule has 0 amide bonds. The maximum Gasteiger partial charge on any atom is 0.119 e. The summed E-state index contributed by atoms with van der Waals surface area (Å²) in [5.74, 6) is 0.875. The van der Waals surface area contributed by atoms with Crippen LogP contribution in [0.25, 0.3) is 11.1 Å². The number of benzene rings is 4. The normalized spacial score (nSPS) is 13.4. The minimum atomic E-state index is -0.0285. The molecule has 0 bridgehead atoms. The lowest BCUT2D eigenvalue weighted by Gasteiger charge is -2.29. The summed E-state index contributed by atoms with van der Waals surface area (Å²) in [4.78, 5) is 2.34. The third kappa shape index (κ3) is 3.11. The molecule has 1 aliphatic rings. The van der Waals surface area contributed by atoms with Crippen LogP contribution in [0.4, 0.5) is 17.1 Å². The molecule has 5 rings (SSSR count). The zero-order chi connectivity index (χ0) is 21.6. The molecule has 4 aromatic rings. The van der Waals surface area contributed by atoms with Crippen LogP contribution in [0.15, 0.2) is 91.0 Å². The van der Waals surface area contributed by atoms with Crippen molar-refractivity contribution in [2.24, 2.45) is 0 Å². The summed E-state index contributed by atoms with van der Waals surface area (Å²) >= 11 is 0. The number of hydrogen-bond donors (Lipinski definition) is 0. The van der Waals surface area contributed by atoms with Crippen molar-refractivity contribution in [2.45, 2.75) is 26.2 Å². The topological polar surface area (TPSA) is 12.5 Å². The molecule has 0 saturated carbocycles. The molecule has 2 nitrogen and oxygen atoms in total. The summed E-state index contributed by atoms with van der Waals surface area (Å²) in [6, 6.07) is 32.5. The van der Waals surface area contributed by atoms with Crippen molar-refractivity contribution in [3.8, 4) is 16.9 Å². The first-order valence-electron chi connectivity index (χ1n) is 10.7. The molecule has 0 aromatic heterocycles. The second-order valence-corrected chi connectivity index (χ2v) is 8.72. The first-order chi connectivity index (χ1) is 15.0. The van der Waals surface area contributed by atoms with Gasteiger partial charge in [0.05, 0.1) is 7.11 Å². The summed E-state index contributed by atoms with van der Waals surface area (Å²) in [6.07, 6.45) is 0. The van der Waals surface area contributed by atoms with Crippen LogP contribution in [-0.4, -0.2) is 7.11 Å². The Balaban J connectivity index is 1.70. The van der Waals surface area contributed by atoms with E-state index in [0.717, 1.165) is 17.1 Å². The number of rotatable bonds is 4. The average Bonchev–Trinajstić information content (AvgIpc) is 3.03. The maximum atomic E-state index is 5.45. The fourth-order valence-electron chi connectivity index (χ4n) is 4.84. The molecule has 2 heteroatoms. The van der Waals surface area contributed by atoms with Crippen LogP contribution in [-0.2, 0) is 5.41 Å². The Hall–Kier alpha value is -3.52. The van der Waals surface area contributed by atoms with Crippen molar-refractivity contribution in [1.82, 2.24) is 0 Å². The highest BCUT2D eigenvalue weighted by molar-refractivity contribution is 5.86. The molecule has 0 atom stereocenters. The van der Waals surface area contributed by atoms with Gasteiger partial charge in [-0.25, -0.2) is 0 Å². The molecular weight excluding hydrogens is 378 g/mol. The smallest absolute Gasteiger partial charge is 0.119 e. The molecule has 0 N–H and O–H groups in total. The van der Waals surface area contributed by atoms with Gasteiger partial charge in [0.25, 0.3) is 0 Å². The Labute approximate surface area is 184 Å². The van der Waals surface area contributed by atoms with Crippen LogP contribution in [0.2, 0.25) is 0 Å². The van der Waals surface area contributed by atoms with Crippen LogP contribution in [0.1, 0.15) is 30.5 Å². The van der Waals surface area contributed by atoms with Crippen molar-refractivity contribution in [3.63, 3.8) is 0 Å². The Morgan fingerprint density at radius 3 is 2.13 bits per heavy atom. The van der Waals surface area contributed by atoms with Crippen LogP contribution < -0.4 is 9.64 Å². The van der Waals surface area contributed by atoms with Gasteiger partial charge in [-0.1, -0.05) is 62.4 Å². The van der Waals surface area contributed by atoms with Gasteiger partial charge < -0.3 is 9.64 Å². The number of aryl methyl sites for hydroxylation is 1. The Morgan fingerprint density at radius 2 is 1.39 bits per heavy atom. The van der Waals surface area contributed by atoms with E-state index >= 15 is 0 Å². The van der Waals surface area contributed by atoms with Gasteiger partial charge in [0.2, 0.25) is 0 Å². The van der Waals surface area contributed by atoms with E-state index < -0.39 is 0 Å². The van der Waals surface area contributed by atoms with Crippen LogP contribution in [0.5, 0.6) is 5.75 Å². The molecule has 0 heterocycles. The first kappa shape index (κ1) is 19.4. The molecule has 154 valence electrons. The average molecular weight is 406 g/mol. The highest BCUT2D eigenvalue weighted by atomic mass is 16.5. The molecule has 1 aliphatic carbocycles. The number of hydrogen-bond acceptors (Lipinski definition) is 2. The third-order valence-corrected chi connectivity index (χ3v) is 6.48. The molecular formula is C29H27NO. The minimum Gasteiger partial charge on any atom is -0.497 e. The van der Waals surface area contributed by atoms with E-state index in [1.54, 1.807) is 7.11 Å². The quantitative estimate of drug-likeness (QED) is 0.344. The summed E-state index contributed by atoms with van der Waals surface area (Å²) < 4.78 is 5.45. The third-order valence-electron chi connectivity index (χ3n) is 6.48. The van der Waals surface area contributed by atoms with Gasteiger partial charge in [0.1, 0.15) is 5.75 Å². The van der Waals surface area contributed by atoms with Gasteiger partial charge in [0, 0.05) is 22.5 Å². The van der Waals surface area contributed by atoms with E-state index in [2.05, 4.69) is 111 Å². The Bertz CT molecular complexity index is 1260. The van der Waals surface area contributed by atoms with E-state index in [1.807, 2.05) is 6.07 Å². The number of methoxy groups -OCH3 is 1. The predicted octanol–water partition coefficient (Wildman–Crippen LogP) is 7.78. The van der Waals surface area contributed by atoms with Crippen molar-refractivity contribution in [3.05, 3.63) is 108 Å². The zero-order valence-corrected chi connectivity index (χ0v) is 18.5. The van der Waals surface area contributed by atoms with Crippen molar-refractivity contribution in [1.29, 1.82) is 0 Å². The monoisotopic (exact) mass is 405 g/mol. The maximum absolute atomic E-state index is 5.45. The van der Waals surface area contributed by atoms with E-state index in [4.69, 9.17) is 4.74 Å². The van der Waals surface area contributed by atoms with Crippen molar-refractivity contribution < 1.29 is 4.74 Å². The summed E-state index contributed by atoms with van der Waals surface area (Å²) in [6.45, 7) is 6.79. The van der Waals surface area contributed by atoms with Gasteiger partial charge in [-0.15, -0.1) is 0 Å². The highest BCUT2D eigenvalue weighted by Gasteiger charge is 2.35. The molecule has 0 radical (unpaired) electrons.